The highest BCUT2D eigenvalue weighted by Crippen LogP contribution is 2.31. The molecule has 2 aromatic rings. The second-order valence-corrected chi connectivity index (χ2v) is 7.77. The molecule has 0 bridgehead atoms. The number of nitriles is 1. The van der Waals surface area contributed by atoms with Crippen LogP contribution in [0.4, 0.5) is 0 Å². The van der Waals surface area contributed by atoms with E-state index in [-0.39, 0.29) is 11.5 Å². The van der Waals surface area contributed by atoms with E-state index >= 15 is 0 Å². The molecule has 1 unspecified atom stereocenters. The number of fused-ring (bicyclic) bond motifs is 1. The lowest BCUT2D eigenvalue weighted by Gasteiger charge is -2.35. The number of ether oxygens (including phenoxy) is 1. The van der Waals surface area contributed by atoms with E-state index in [9.17, 15) is 9.59 Å². The van der Waals surface area contributed by atoms with Gasteiger partial charge in [0.25, 0.3) is 5.91 Å². The normalized spacial score (nSPS) is 15.7. The fraction of sp³-hybridized carbons (Fsp3) is 0.522. The van der Waals surface area contributed by atoms with Gasteiger partial charge in [0.2, 0.25) is 0 Å². The average molecular weight is 412 g/mol. The van der Waals surface area contributed by atoms with Gasteiger partial charge in [0.05, 0.1) is 11.5 Å². The first-order chi connectivity index (χ1) is 14.4. The number of hydrogen-bond donors (Lipinski definition) is 0. The van der Waals surface area contributed by atoms with Crippen molar-refractivity contribution in [3.05, 3.63) is 39.7 Å². The largest absolute Gasteiger partial charge is 0.480 e. The van der Waals surface area contributed by atoms with Gasteiger partial charge in [-0.3, -0.25) is 9.69 Å². The van der Waals surface area contributed by atoms with Crippen LogP contribution in [0.3, 0.4) is 0 Å². The molecule has 0 N–H and O–H groups in total. The van der Waals surface area contributed by atoms with E-state index in [1.54, 1.807) is 6.92 Å². The van der Waals surface area contributed by atoms with Crippen molar-refractivity contribution in [2.45, 2.75) is 46.1 Å². The van der Waals surface area contributed by atoms with Crippen LogP contribution in [0.5, 0.6) is 5.75 Å². The molecule has 0 aliphatic carbocycles. The van der Waals surface area contributed by atoms with Crippen molar-refractivity contribution in [2.75, 3.05) is 32.7 Å². The van der Waals surface area contributed by atoms with Crippen LogP contribution in [0.15, 0.2) is 27.4 Å². The van der Waals surface area contributed by atoms with Crippen LogP contribution in [0.1, 0.15) is 37.8 Å². The van der Waals surface area contributed by atoms with Gasteiger partial charge in [-0.05, 0) is 56.5 Å². The van der Waals surface area contributed by atoms with Crippen molar-refractivity contribution >= 4 is 16.9 Å². The lowest BCUT2D eigenvalue weighted by atomic mass is 10.0. The molecule has 3 rings (SSSR count). The van der Waals surface area contributed by atoms with E-state index in [0.717, 1.165) is 42.6 Å². The maximum atomic E-state index is 13.0. The summed E-state index contributed by atoms with van der Waals surface area (Å²) >= 11 is 0. The number of hydrogen-bond acceptors (Lipinski definition) is 6. The molecule has 1 aromatic carbocycles. The van der Waals surface area contributed by atoms with E-state index in [4.69, 9.17) is 14.4 Å². The first kappa shape index (κ1) is 21.8. The van der Waals surface area contributed by atoms with E-state index in [1.807, 2.05) is 30.9 Å². The molecule has 7 heteroatoms. The molecular formula is C23H29N3O4. The highest BCUT2D eigenvalue weighted by Gasteiger charge is 2.26. The molecule has 0 spiro atoms. The van der Waals surface area contributed by atoms with Gasteiger partial charge in [0.15, 0.2) is 6.10 Å². The number of carbonyl (C=O) groups is 1. The fourth-order valence-electron chi connectivity index (χ4n) is 3.91. The Bertz CT molecular complexity index is 1000. The summed E-state index contributed by atoms with van der Waals surface area (Å²) in [5.41, 5.74) is 1.86. The van der Waals surface area contributed by atoms with Gasteiger partial charge in [-0.2, -0.15) is 5.26 Å². The van der Waals surface area contributed by atoms with Crippen molar-refractivity contribution in [2.24, 2.45) is 0 Å². The molecule has 0 saturated carbocycles. The Labute approximate surface area is 176 Å². The van der Waals surface area contributed by atoms with Crippen LogP contribution in [0.25, 0.3) is 11.0 Å². The predicted molar refractivity (Wildman–Crippen MR) is 115 cm³/mol. The minimum Gasteiger partial charge on any atom is -0.480 e. The van der Waals surface area contributed by atoms with Crippen LogP contribution in [-0.4, -0.2) is 54.5 Å². The minimum absolute atomic E-state index is 0.0447. The highest BCUT2D eigenvalue weighted by atomic mass is 16.5. The second-order valence-electron chi connectivity index (χ2n) is 7.77. The molecule has 1 aliphatic heterocycles. The molecular weight excluding hydrogens is 382 g/mol. The van der Waals surface area contributed by atoms with Gasteiger partial charge in [-0.1, -0.05) is 6.92 Å². The molecule has 1 aromatic heterocycles. The summed E-state index contributed by atoms with van der Waals surface area (Å²) in [5, 5.41) is 9.42. The Kier molecular flexibility index (Phi) is 7.11. The number of piperazine rings is 1. The lowest BCUT2D eigenvalue weighted by Crippen LogP contribution is -2.52. The molecule has 0 radical (unpaired) electrons. The van der Waals surface area contributed by atoms with E-state index in [1.165, 1.54) is 6.07 Å². The Morgan fingerprint density at radius 1 is 1.27 bits per heavy atom. The summed E-state index contributed by atoms with van der Waals surface area (Å²) in [6.07, 6.45) is 1.45. The number of unbranched alkanes of at least 4 members (excludes halogenated alkanes) is 1. The SMILES string of the molecule is CCc1cc(=O)oc2cc(C)cc(OC(C)C(=O)N3CCN(CCCC#N)CC3)c12. The number of nitrogens with zero attached hydrogens (tertiary/aromatic N) is 3. The standard InChI is InChI=1S/C23H29N3O4/c1-4-18-15-21(27)30-20-14-16(2)13-19(22(18)20)29-17(3)23(28)26-11-9-25(10-12-26)8-6-5-7-24/h13-15,17H,4-6,8-12H2,1-3H3. The average Bonchev–Trinajstić information content (AvgIpc) is 2.72. The summed E-state index contributed by atoms with van der Waals surface area (Å²) in [5.74, 6) is 0.526. The molecule has 30 heavy (non-hydrogen) atoms. The Morgan fingerprint density at radius 3 is 2.67 bits per heavy atom. The van der Waals surface area contributed by atoms with Crippen molar-refractivity contribution in [3.63, 3.8) is 0 Å². The summed E-state index contributed by atoms with van der Waals surface area (Å²) in [7, 11) is 0. The second kappa shape index (κ2) is 9.77. The first-order valence-electron chi connectivity index (χ1n) is 10.5. The number of aryl methyl sites for hydroxylation is 2. The molecule has 7 nitrogen and oxygen atoms in total. The summed E-state index contributed by atoms with van der Waals surface area (Å²) < 4.78 is 11.5. The van der Waals surface area contributed by atoms with Crippen molar-refractivity contribution in [1.29, 1.82) is 5.26 Å². The van der Waals surface area contributed by atoms with Crippen molar-refractivity contribution < 1.29 is 13.9 Å². The third-order valence-corrected chi connectivity index (χ3v) is 5.51. The van der Waals surface area contributed by atoms with Crippen molar-refractivity contribution in [1.82, 2.24) is 9.80 Å². The zero-order valence-electron chi connectivity index (χ0n) is 17.9. The summed E-state index contributed by atoms with van der Waals surface area (Å²) in [6, 6.07) is 7.36. The van der Waals surface area contributed by atoms with Gasteiger partial charge in [0.1, 0.15) is 11.3 Å². The van der Waals surface area contributed by atoms with Crippen LogP contribution < -0.4 is 10.4 Å². The third kappa shape index (κ3) is 5.00. The predicted octanol–water partition coefficient (Wildman–Crippen LogP) is 2.88. The van der Waals surface area contributed by atoms with Crippen LogP contribution >= 0.6 is 0 Å². The lowest BCUT2D eigenvalue weighted by molar-refractivity contribution is -0.139. The molecule has 160 valence electrons. The molecule has 1 fully saturated rings. The maximum absolute atomic E-state index is 13.0. The Balaban J connectivity index is 1.71. The number of rotatable bonds is 7. The maximum Gasteiger partial charge on any atom is 0.336 e. The number of amides is 1. The summed E-state index contributed by atoms with van der Waals surface area (Å²) in [6.45, 7) is 9.46. The summed E-state index contributed by atoms with van der Waals surface area (Å²) in [4.78, 5) is 28.9. The Hall–Kier alpha value is -2.85. The smallest absolute Gasteiger partial charge is 0.336 e. The van der Waals surface area contributed by atoms with Gasteiger partial charge in [-0.15, -0.1) is 0 Å². The van der Waals surface area contributed by atoms with Gasteiger partial charge in [0, 0.05) is 38.7 Å². The zero-order chi connectivity index (χ0) is 21.7. The third-order valence-electron chi connectivity index (χ3n) is 5.51. The van der Waals surface area contributed by atoms with Crippen LogP contribution in [0, 0.1) is 18.3 Å². The number of benzene rings is 1. The molecule has 1 saturated heterocycles. The van der Waals surface area contributed by atoms with Gasteiger partial charge < -0.3 is 14.1 Å². The molecule has 1 amide bonds. The van der Waals surface area contributed by atoms with Gasteiger partial charge in [-0.25, -0.2) is 4.79 Å². The minimum atomic E-state index is -0.642. The quantitative estimate of drug-likeness (QED) is 0.514. The number of carbonyl (C=O) groups excluding carboxylic acids is 1. The van der Waals surface area contributed by atoms with Gasteiger partial charge >= 0.3 is 5.63 Å². The van der Waals surface area contributed by atoms with Crippen molar-refractivity contribution in [3.8, 4) is 11.8 Å². The zero-order valence-corrected chi connectivity index (χ0v) is 17.9. The monoisotopic (exact) mass is 411 g/mol. The van der Waals surface area contributed by atoms with E-state index < -0.39 is 6.10 Å². The van der Waals surface area contributed by atoms with Crippen LogP contribution in [-0.2, 0) is 11.2 Å². The fourth-order valence-corrected chi connectivity index (χ4v) is 3.91. The topological polar surface area (TPSA) is 86.8 Å². The van der Waals surface area contributed by atoms with E-state index in [2.05, 4.69) is 11.0 Å². The molecule has 1 aliphatic rings. The van der Waals surface area contributed by atoms with E-state index in [0.29, 0.717) is 37.3 Å². The molecule has 1 atom stereocenters. The van der Waals surface area contributed by atoms with Crippen LogP contribution in [0.2, 0.25) is 0 Å². The first-order valence-corrected chi connectivity index (χ1v) is 10.5. The highest BCUT2D eigenvalue weighted by molar-refractivity contribution is 5.88. The Morgan fingerprint density at radius 2 is 2.00 bits per heavy atom. The molecule has 2 heterocycles.